The lowest BCUT2D eigenvalue weighted by atomic mass is 9.95. The van der Waals surface area contributed by atoms with Gasteiger partial charge in [0.15, 0.2) is 0 Å². The Kier molecular flexibility index (Phi) is 5.51. The monoisotopic (exact) mass is 316 g/mol. The summed E-state index contributed by atoms with van der Waals surface area (Å²) in [4.78, 5) is 21.4. The number of rotatable bonds is 7. The van der Waals surface area contributed by atoms with Gasteiger partial charge in [-0.3, -0.25) is 14.9 Å². The van der Waals surface area contributed by atoms with Crippen molar-refractivity contribution in [3.63, 3.8) is 0 Å². The quantitative estimate of drug-likeness (QED) is 0.592. The van der Waals surface area contributed by atoms with E-state index in [1.54, 1.807) is 14.0 Å². The molecule has 0 radical (unpaired) electrons. The molecule has 1 rings (SSSR count). The van der Waals surface area contributed by atoms with E-state index in [9.17, 15) is 20.0 Å². The van der Waals surface area contributed by atoms with Crippen molar-refractivity contribution in [2.45, 2.75) is 31.9 Å². The number of nitrogens with one attached hydrogen (secondary N) is 1. The highest BCUT2D eigenvalue weighted by Gasteiger charge is 2.33. The maximum Gasteiger partial charge on any atom is 0.323 e. The fourth-order valence-corrected chi connectivity index (χ4v) is 1.99. The number of nitro groups is 1. The van der Waals surface area contributed by atoms with Crippen LogP contribution in [-0.2, 0) is 4.79 Å². The van der Waals surface area contributed by atoms with Gasteiger partial charge in [-0.2, -0.15) is 0 Å². The molecule has 0 spiro atoms. The molecule has 0 fully saturated rings. The van der Waals surface area contributed by atoms with Crippen LogP contribution in [0, 0.1) is 10.1 Å². The zero-order valence-corrected chi connectivity index (χ0v) is 12.7. The number of carboxylic acid groups (broad SMARTS) is 1. The van der Waals surface area contributed by atoms with Gasteiger partial charge in [0.05, 0.1) is 22.1 Å². The van der Waals surface area contributed by atoms with E-state index in [-0.39, 0.29) is 22.9 Å². The maximum atomic E-state index is 11.2. The minimum absolute atomic E-state index is 0.142. The van der Waals surface area contributed by atoms with Gasteiger partial charge < -0.3 is 15.2 Å². The zero-order chi connectivity index (χ0) is 16.2. The van der Waals surface area contributed by atoms with Gasteiger partial charge in [-0.05, 0) is 27.0 Å². The fraction of sp³-hybridized carbons (Fsp3) is 0.462. The van der Waals surface area contributed by atoms with Crippen molar-refractivity contribution in [2.75, 3.05) is 7.05 Å². The molecular weight excluding hydrogens is 300 g/mol. The van der Waals surface area contributed by atoms with E-state index < -0.39 is 22.5 Å². The normalized spacial score (nSPS) is 15.0. The largest absolute Gasteiger partial charge is 0.489 e. The maximum absolute atomic E-state index is 11.2. The van der Waals surface area contributed by atoms with Crippen LogP contribution in [0.1, 0.15) is 20.3 Å². The average molecular weight is 317 g/mol. The summed E-state index contributed by atoms with van der Waals surface area (Å²) in [5.41, 5.74) is -1.30. The van der Waals surface area contributed by atoms with Gasteiger partial charge in [0, 0.05) is 12.5 Å². The Balaban J connectivity index is 2.88. The van der Waals surface area contributed by atoms with E-state index >= 15 is 0 Å². The molecule has 1 aromatic carbocycles. The van der Waals surface area contributed by atoms with Gasteiger partial charge in [-0.25, -0.2) is 0 Å². The first-order chi connectivity index (χ1) is 9.69. The molecule has 7 nitrogen and oxygen atoms in total. The van der Waals surface area contributed by atoms with E-state index in [4.69, 9.17) is 16.3 Å². The average Bonchev–Trinajstić information content (AvgIpc) is 2.40. The molecule has 0 aliphatic heterocycles. The number of hydrogen-bond acceptors (Lipinski definition) is 5. The predicted octanol–water partition coefficient (Wildman–Crippen LogP) is 2.47. The van der Waals surface area contributed by atoms with E-state index in [0.29, 0.717) is 0 Å². The Labute approximate surface area is 127 Å². The van der Waals surface area contributed by atoms with Gasteiger partial charge in [-0.15, -0.1) is 0 Å². The minimum Gasteiger partial charge on any atom is -0.489 e. The molecule has 1 aromatic rings. The highest BCUT2D eigenvalue weighted by Crippen LogP contribution is 2.30. The van der Waals surface area contributed by atoms with Crippen LogP contribution in [0.4, 0.5) is 5.69 Å². The molecule has 0 aliphatic carbocycles. The third-order valence-corrected chi connectivity index (χ3v) is 3.49. The van der Waals surface area contributed by atoms with Crippen LogP contribution in [0.25, 0.3) is 0 Å². The predicted molar refractivity (Wildman–Crippen MR) is 77.9 cm³/mol. The summed E-state index contributed by atoms with van der Waals surface area (Å²) in [6.07, 6.45) is -0.337. The highest BCUT2D eigenvalue weighted by atomic mass is 35.5. The molecule has 0 heterocycles. The number of aliphatic carboxylic acids is 1. The fourth-order valence-electron chi connectivity index (χ4n) is 1.83. The van der Waals surface area contributed by atoms with Gasteiger partial charge in [-0.1, -0.05) is 11.6 Å². The second-order valence-electron chi connectivity index (χ2n) is 4.89. The topological polar surface area (TPSA) is 102 Å². The Bertz CT molecular complexity index is 551. The Hall–Kier alpha value is -1.86. The molecule has 2 unspecified atom stereocenters. The number of likely N-dealkylation sites (N-methyl/N-ethyl adjacent to an activating group) is 1. The number of nitrogens with zero attached hydrogens (tertiary/aromatic N) is 1. The number of nitro benzene ring substituents is 1. The molecular formula is C13H17ClN2O5. The molecule has 0 aliphatic rings. The van der Waals surface area contributed by atoms with Crippen LogP contribution < -0.4 is 10.1 Å². The number of benzene rings is 1. The van der Waals surface area contributed by atoms with Crippen molar-refractivity contribution in [3.05, 3.63) is 33.3 Å². The SMILES string of the molecule is CNC(C)(CC(C)Oc1cc([N+](=O)[O-])ccc1Cl)C(=O)O. The highest BCUT2D eigenvalue weighted by molar-refractivity contribution is 6.32. The van der Waals surface area contributed by atoms with Gasteiger partial charge in [0.1, 0.15) is 11.3 Å². The molecule has 0 saturated carbocycles. The summed E-state index contributed by atoms with van der Waals surface area (Å²) in [7, 11) is 1.54. The molecule has 0 bridgehead atoms. The lowest BCUT2D eigenvalue weighted by Crippen LogP contribution is -2.50. The number of ether oxygens (including phenoxy) is 1. The summed E-state index contributed by atoms with van der Waals surface area (Å²) in [6.45, 7) is 3.21. The first-order valence-corrected chi connectivity index (χ1v) is 6.60. The van der Waals surface area contributed by atoms with Crippen LogP contribution in [0.15, 0.2) is 18.2 Å². The van der Waals surface area contributed by atoms with Crippen molar-refractivity contribution in [1.82, 2.24) is 5.32 Å². The van der Waals surface area contributed by atoms with Crippen molar-refractivity contribution >= 4 is 23.3 Å². The Morgan fingerprint density at radius 1 is 1.62 bits per heavy atom. The first kappa shape index (κ1) is 17.2. The van der Waals surface area contributed by atoms with E-state index in [2.05, 4.69) is 5.32 Å². The molecule has 2 atom stereocenters. The molecule has 0 amide bonds. The lowest BCUT2D eigenvalue weighted by molar-refractivity contribution is -0.384. The van der Waals surface area contributed by atoms with E-state index in [0.717, 1.165) is 0 Å². The third kappa shape index (κ3) is 4.30. The molecule has 8 heteroatoms. The standard InChI is InChI=1S/C13H17ClN2O5/c1-8(7-13(2,15-3)12(17)18)21-11-6-9(16(19)20)4-5-10(11)14/h4-6,8,15H,7H2,1-3H3,(H,17,18). The first-order valence-electron chi connectivity index (χ1n) is 6.22. The van der Waals surface area contributed by atoms with Gasteiger partial charge in [0.2, 0.25) is 0 Å². The van der Waals surface area contributed by atoms with Crippen LogP contribution in [0.5, 0.6) is 5.75 Å². The summed E-state index contributed by atoms with van der Waals surface area (Å²) in [6, 6.07) is 3.86. The Morgan fingerprint density at radius 3 is 2.71 bits per heavy atom. The molecule has 0 aromatic heterocycles. The molecule has 21 heavy (non-hydrogen) atoms. The van der Waals surface area contributed by atoms with Gasteiger partial charge in [0.25, 0.3) is 5.69 Å². The van der Waals surface area contributed by atoms with Crippen LogP contribution in [0.2, 0.25) is 5.02 Å². The van der Waals surface area contributed by atoms with Crippen LogP contribution in [0.3, 0.4) is 0 Å². The number of carbonyl (C=O) groups is 1. The van der Waals surface area contributed by atoms with E-state index in [1.165, 1.54) is 25.1 Å². The summed E-state index contributed by atoms with van der Waals surface area (Å²) < 4.78 is 5.54. The number of carboxylic acids is 1. The summed E-state index contributed by atoms with van der Waals surface area (Å²) in [5.74, 6) is -0.854. The van der Waals surface area contributed by atoms with Crippen LogP contribution >= 0.6 is 11.6 Å². The van der Waals surface area contributed by atoms with Gasteiger partial charge >= 0.3 is 5.97 Å². The van der Waals surface area contributed by atoms with Crippen molar-refractivity contribution in [1.29, 1.82) is 0 Å². The molecule has 0 saturated heterocycles. The van der Waals surface area contributed by atoms with Crippen molar-refractivity contribution in [3.8, 4) is 5.75 Å². The van der Waals surface area contributed by atoms with Crippen molar-refractivity contribution < 1.29 is 19.6 Å². The molecule has 2 N–H and O–H groups in total. The third-order valence-electron chi connectivity index (χ3n) is 3.17. The second kappa shape index (κ2) is 6.73. The zero-order valence-electron chi connectivity index (χ0n) is 11.9. The summed E-state index contributed by atoms with van der Waals surface area (Å²) in [5, 5.41) is 22.9. The van der Waals surface area contributed by atoms with Crippen molar-refractivity contribution in [2.24, 2.45) is 0 Å². The molecule has 116 valence electrons. The number of non-ortho nitro benzene ring substituents is 1. The number of halogens is 1. The van der Waals surface area contributed by atoms with Crippen LogP contribution in [-0.4, -0.2) is 34.7 Å². The number of hydrogen-bond donors (Lipinski definition) is 2. The minimum atomic E-state index is -1.16. The summed E-state index contributed by atoms with van der Waals surface area (Å²) >= 11 is 5.93. The second-order valence-corrected chi connectivity index (χ2v) is 5.30. The Morgan fingerprint density at radius 2 is 2.24 bits per heavy atom. The van der Waals surface area contributed by atoms with E-state index in [1.807, 2.05) is 0 Å². The lowest BCUT2D eigenvalue weighted by Gasteiger charge is -2.27. The smallest absolute Gasteiger partial charge is 0.323 e.